The molecule has 0 aromatic heterocycles. The molecule has 25 heavy (non-hydrogen) atoms. The molecule has 1 heterocycles. The largest absolute Gasteiger partial charge is 0.465 e. The van der Waals surface area contributed by atoms with Crippen LogP contribution in [-0.2, 0) is 9.47 Å². The van der Waals surface area contributed by atoms with E-state index in [4.69, 9.17) is 10.5 Å². The number of nitrogen functional groups attached to an aromatic ring is 1. The maximum Gasteiger partial charge on any atom is 0.410 e. The summed E-state index contributed by atoms with van der Waals surface area (Å²) in [4.78, 5) is 25.5. The topological polar surface area (TPSA) is 93.9 Å². The molecule has 0 unspecified atom stereocenters. The fourth-order valence-electron chi connectivity index (χ4n) is 2.75. The van der Waals surface area contributed by atoms with Crippen LogP contribution in [0.2, 0.25) is 0 Å². The molecular weight excluding hydrogens is 322 g/mol. The number of rotatable bonds is 3. The molecule has 1 aromatic rings. The molecule has 0 radical (unpaired) electrons. The Bertz CT molecular complexity index is 640. The first kappa shape index (κ1) is 18.9. The van der Waals surface area contributed by atoms with Crippen molar-refractivity contribution < 1.29 is 19.1 Å². The highest BCUT2D eigenvalue weighted by Crippen LogP contribution is 2.24. The summed E-state index contributed by atoms with van der Waals surface area (Å²) >= 11 is 0. The Morgan fingerprint density at radius 2 is 2.04 bits per heavy atom. The maximum atomic E-state index is 12.2. The number of carbonyl (C=O) groups excluding carboxylic acids is 2. The second-order valence-electron chi connectivity index (χ2n) is 7.20. The van der Waals surface area contributed by atoms with Crippen LogP contribution in [0.1, 0.15) is 44.0 Å². The Kier molecular flexibility index (Phi) is 5.77. The van der Waals surface area contributed by atoms with Gasteiger partial charge in [-0.2, -0.15) is 0 Å². The van der Waals surface area contributed by atoms with E-state index in [0.717, 1.165) is 18.5 Å². The zero-order valence-electron chi connectivity index (χ0n) is 15.3. The molecule has 0 spiro atoms. The predicted octanol–water partition coefficient (Wildman–Crippen LogP) is 2.87. The molecule has 1 aromatic carbocycles. The molecule has 138 valence electrons. The summed E-state index contributed by atoms with van der Waals surface area (Å²) in [5.41, 5.74) is 7.14. The van der Waals surface area contributed by atoms with Gasteiger partial charge in [-0.3, -0.25) is 0 Å². The number of anilines is 2. The van der Waals surface area contributed by atoms with Crippen LogP contribution in [0, 0.1) is 0 Å². The molecule has 2 rings (SSSR count). The molecule has 1 amide bonds. The van der Waals surface area contributed by atoms with Crippen molar-refractivity contribution in [3.63, 3.8) is 0 Å². The number of likely N-dealkylation sites (tertiary alicyclic amines) is 1. The first-order valence-corrected chi connectivity index (χ1v) is 8.42. The van der Waals surface area contributed by atoms with Crippen LogP contribution < -0.4 is 11.1 Å². The summed E-state index contributed by atoms with van der Waals surface area (Å²) in [6.45, 7) is 6.80. The molecule has 1 aliphatic heterocycles. The van der Waals surface area contributed by atoms with Gasteiger partial charge in [0.2, 0.25) is 0 Å². The van der Waals surface area contributed by atoms with Crippen molar-refractivity contribution >= 4 is 23.4 Å². The second-order valence-corrected chi connectivity index (χ2v) is 7.20. The SMILES string of the molecule is COC(=O)c1ccc(N[C@@H]2CCCN(C(=O)OC(C)(C)C)C2)c(N)c1. The predicted molar refractivity (Wildman–Crippen MR) is 96.6 cm³/mol. The van der Waals surface area contributed by atoms with Crippen LogP contribution in [0.25, 0.3) is 0 Å². The normalized spacial score (nSPS) is 17.8. The van der Waals surface area contributed by atoms with E-state index in [-0.39, 0.29) is 12.1 Å². The molecular formula is C18H27N3O4. The molecule has 1 atom stereocenters. The van der Waals surface area contributed by atoms with Crippen molar-refractivity contribution in [1.82, 2.24) is 4.90 Å². The minimum Gasteiger partial charge on any atom is -0.465 e. The number of piperidine rings is 1. The number of hydrogen-bond donors (Lipinski definition) is 2. The quantitative estimate of drug-likeness (QED) is 0.644. The van der Waals surface area contributed by atoms with Crippen molar-refractivity contribution in [3.05, 3.63) is 23.8 Å². The summed E-state index contributed by atoms with van der Waals surface area (Å²) in [5.74, 6) is -0.424. The van der Waals surface area contributed by atoms with Crippen LogP contribution in [0.15, 0.2) is 18.2 Å². The Labute approximate surface area is 148 Å². The lowest BCUT2D eigenvalue weighted by Crippen LogP contribution is -2.47. The number of ether oxygens (including phenoxy) is 2. The first-order chi connectivity index (χ1) is 11.7. The van der Waals surface area contributed by atoms with Gasteiger partial charge in [0, 0.05) is 19.1 Å². The van der Waals surface area contributed by atoms with E-state index < -0.39 is 11.6 Å². The molecule has 0 saturated carbocycles. The van der Waals surface area contributed by atoms with Crippen molar-refractivity contribution in [2.75, 3.05) is 31.2 Å². The summed E-state index contributed by atoms with van der Waals surface area (Å²) in [5, 5.41) is 3.35. The van der Waals surface area contributed by atoms with Crippen LogP contribution in [0.5, 0.6) is 0 Å². The van der Waals surface area contributed by atoms with Gasteiger partial charge in [-0.1, -0.05) is 0 Å². The van der Waals surface area contributed by atoms with Crippen molar-refractivity contribution in [2.45, 2.75) is 45.3 Å². The van der Waals surface area contributed by atoms with Gasteiger partial charge < -0.3 is 25.4 Å². The van der Waals surface area contributed by atoms with E-state index in [1.807, 2.05) is 20.8 Å². The fraction of sp³-hybridized carbons (Fsp3) is 0.556. The lowest BCUT2D eigenvalue weighted by molar-refractivity contribution is 0.0206. The van der Waals surface area contributed by atoms with Crippen LogP contribution in [0.3, 0.4) is 0 Å². The molecule has 0 aliphatic carbocycles. The lowest BCUT2D eigenvalue weighted by atomic mass is 10.0. The minimum atomic E-state index is -0.508. The van der Waals surface area contributed by atoms with E-state index in [0.29, 0.717) is 24.3 Å². The van der Waals surface area contributed by atoms with Crippen LogP contribution in [0.4, 0.5) is 16.2 Å². The molecule has 1 aliphatic rings. The van der Waals surface area contributed by atoms with Gasteiger partial charge in [0.1, 0.15) is 5.60 Å². The van der Waals surface area contributed by atoms with E-state index in [1.54, 1.807) is 23.1 Å². The summed E-state index contributed by atoms with van der Waals surface area (Å²) in [6, 6.07) is 5.09. The Morgan fingerprint density at radius 1 is 1.32 bits per heavy atom. The van der Waals surface area contributed by atoms with Gasteiger partial charge in [-0.25, -0.2) is 9.59 Å². The van der Waals surface area contributed by atoms with Gasteiger partial charge in [0.25, 0.3) is 0 Å². The van der Waals surface area contributed by atoms with Crippen LogP contribution >= 0.6 is 0 Å². The molecule has 7 nitrogen and oxygen atoms in total. The Balaban J connectivity index is 2.00. The van der Waals surface area contributed by atoms with E-state index >= 15 is 0 Å². The highest BCUT2D eigenvalue weighted by atomic mass is 16.6. The Morgan fingerprint density at radius 3 is 2.64 bits per heavy atom. The maximum absolute atomic E-state index is 12.2. The molecule has 1 saturated heterocycles. The fourth-order valence-corrected chi connectivity index (χ4v) is 2.75. The first-order valence-electron chi connectivity index (χ1n) is 8.42. The molecule has 7 heteroatoms. The van der Waals surface area contributed by atoms with Gasteiger partial charge in [0.15, 0.2) is 0 Å². The van der Waals surface area contributed by atoms with Gasteiger partial charge in [-0.15, -0.1) is 0 Å². The number of nitrogens with two attached hydrogens (primary N) is 1. The van der Waals surface area contributed by atoms with E-state index in [2.05, 4.69) is 10.1 Å². The van der Waals surface area contributed by atoms with E-state index in [1.165, 1.54) is 7.11 Å². The zero-order valence-corrected chi connectivity index (χ0v) is 15.3. The number of esters is 1. The smallest absolute Gasteiger partial charge is 0.410 e. The zero-order chi connectivity index (χ0) is 18.6. The highest BCUT2D eigenvalue weighted by Gasteiger charge is 2.27. The molecule has 3 N–H and O–H groups in total. The van der Waals surface area contributed by atoms with Crippen molar-refractivity contribution in [2.24, 2.45) is 0 Å². The van der Waals surface area contributed by atoms with Gasteiger partial charge in [-0.05, 0) is 51.8 Å². The second kappa shape index (κ2) is 7.63. The van der Waals surface area contributed by atoms with Crippen molar-refractivity contribution in [3.8, 4) is 0 Å². The standard InChI is InChI=1S/C18H27N3O4/c1-18(2,3)25-17(23)21-9-5-6-13(11-21)20-15-8-7-12(10-14(15)19)16(22)24-4/h7-8,10,13,20H,5-6,9,11,19H2,1-4H3/t13-/m1/s1. The number of carbonyl (C=O) groups is 2. The number of benzene rings is 1. The summed E-state index contributed by atoms with van der Waals surface area (Å²) in [6.07, 6.45) is 1.52. The average Bonchev–Trinajstić information content (AvgIpc) is 2.54. The monoisotopic (exact) mass is 349 g/mol. The van der Waals surface area contributed by atoms with Crippen LogP contribution in [-0.4, -0.2) is 48.8 Å². The minimum absolute atomic E-state index is 0.0764. The number of nitrogens with zero attached hydrogens (tertiary/aromatic N) is 1. The third-order valence-corrected chi connectivity index (χ3v) is 3.91. The molecule has 0 bridgehead atoms. The summed E-state index contributed by atoms with van der Waals surface area (Å²) < 4.78 is 10.1. The average molecular weight is 349 g/mol. The number of amides is 1. The Hall–Kier alpha value is -2.44. The number of hydrogen-bond acceptors (Lipinski definition) is 6. The lowest BCUT2D eigenvalue weighted by Gasteiger charge is -2.35. The summed E-state index contributed by atoms with van der Waals surface area (Å²) in [7, 11) is 1.33. The third-order valence-electron chi connectivity index (χ3n) is 3.91. The van der Waals surface area contributed by atoms with E-state index in [9.17, 15) is 9.59 Å². The molecule has 1 fully saturated rings. The van der Waals surface area contributed by atoms with Gasteiger partial charge in [0.05, 0.1) is 24.0 Å². The highest BCUT2D eigenvalue weighted by molar-refractivity contribution is 5.91. The number of nitrogens with one attached hydrogen (secondary N) is 1. The number of methoxy groups -OCH3 is 1. The third kappa shape index (κ3) is 5.27. The van der Waals surface area contributed by atoms with Crippen molar-refractivity contribution in [1.29, 1.82) is 0 Å². The van der Waals surface area contributed by atoms with Gasteiger partial charge >= 0.3 is 12.1 Å².